The van der Waals surface area contributed by atoms with Crippen molar-refractivity contribution in [2.45, 2.75) is 19.9 Å². The van der Waals surface area contributed by atoms with Gasteiger partial charge in [-0.1, -0.05) is 6.07 Å². The molecule has 0 aromatic carbocycles. The van der Waals surface area contributed by atoms with Crippen molar-refractivity contribution < 1.29 is 14.1 Å². The number of carbonyl (C=O) groups excluding carboxylic acids is 1. The van der Waals surface area contributed by atoms with Gasteiger partial charge in [0.1, 0.15) is 0 Å². The van der Waals surface area contributed by atoms with Crippen LogP contribution < -0.4 is 4.57 Å². The highest BCUT2D eigenvalue weighted by Crippen LogP contribution is 2.12. The van der Waals surface area contributed by atoms with Gasteiger partial charge in [0.2, 0.25) is 6.54 Å². The largest absolute Gasteiger partial charge is 0.461 e. The summed E-state index contributed by atoms with van der Waals surface area (Å²) in [5.41, 5.74) is 2.83. The van der Waals surface area contributed by atoms with E-state index in [0.29, 0.717) is 6.61 Å². The maximum absolute atomic E-state index is 11.6. The number of hydrogen-bond donors (Lipinski definition) is 0. The van der Waals surface area contributed by atoms with Gasteiger partial charge in [0.05, 0.1) is 17.8 Å². The summed E-state index contributed by atoms with van der Waals surface area (Å²) in [5, 5.41) is 0. The minimum absolute atomic E-state index is 0.214. The maximum Gasteiger partial charge on any atom is 0.372 e. The molecule has 4 nitrogen and oxygen atoms in total. The molecule has 0 bridgehead atoms. The van der Waals surface area contributed by atoms with Crippen LogP contribution in [0.3, 0.4) is 0 Å². The third-order valence-electron chi connectivity index (χ3n) is 2.53. The molecular formula is C13H15N2O2S+. The van der Waals surface area contributed by atoms with Gasteiger partial charge in [-0.2, -0.15) is 4.57 Å². The van der Waals surface area contributed by atoms with Crippen LogP contribution in [-0.2, 0) is 22.5 Å². The van der Waals surface area contributed by atoms with Gasteiger partial charge in [0, 0.05) is 23.4 Å². The van der Waals surface area contributed by atoms with Crippen molar-refractivity contribution in [1.82, 2.24) is 4.98 Å². The normalized spacial score (nSPS) is 10.3. The molecule has 0 atom stereocenters. The minimum Gasteiger partial charge on any atom is -0.461 e. The third kappa shape index (κ3) is 3.63. The van der Waals surface area contributed by atoms with Crippen LogP contribution in [0, 0.1) is 6.92 Å². The van der Waals surface area contributed by atoms with Gasteiger partial charge in [-0.15, -0.1) is 11.3 Å². The van der Waals surface area contributed by atoms with Gasteiger partial charge in [-0.25, -0.2) is 9.78 Å². The first kappa shape index (κ1) is 12.7. The average Bonchev–Trinajstić information content (AvgIpc) is 2.76. The molecule has 0 spiro atoms. The number of carbonyl (C=O) groups is 1. The van der Waals surface area contributed by atoms with Crippen LogP contribution in [0.15, 0.2) is 36.1 Å². The van der Waals surface area contributed by atoms with Crippen molar-refractivity contribution >= 4 is 17.3 Å². The second-order valence-electron chi connectivity index (χ2n) is 3.88. The Morgan fingerprint density at radius 1 is 1.39 bits per heavy atom. The number of aromatic nitrogens is 2. The molecule has 0 aliphatic rings. The van der Waals surface area contributed by atoms with Gasteiger partial charge >= 0.3 is 5.97 Å². The summed E-state index contributed by atoms with van der Waals surface area (Å²) < 4.78 is 6.99. The van der Waals surface area contributed by atoms with E-state index in [-0.39, 0.29) is 12.5 Å². The van der Waals surface area contributed by atoms with Crippen molar-refractivity contribution in [1.29, 1.82) is 0 Å². The fourth-order valence-electron chi connectivity index (χ4n) is 1.56. The summed E-state index contributed by atoms with van der Waals surface area (Å²) in [6, 6.07) is 5.68. The van der Waals surface area contributed by atoms with E-state index in [1.54, 1.807) is 15.9 Å². The van der Waals surface area contributed by atoms with Gasteiger partial charge in [0.15, 0.2) is 12.4 Å². The molecule has 0 N–H and O–H groups in total. The second kappa shape index (κ2) is 6.26. The van der Waals surface area contributed by atoms with Crippen LogP contribution in [-0.4, -0.2) is 17.6 Å². The monoisotopic (exact) mass is 263 g/mol. The van der Waals surface area contributed by atoms with Crippen LogP contribution in [0.25, 0.3) is 0 Å². The fraction of sp³-hybridized carbons (Fsp3) is 0.308. The Kier molecular flexibility index (Phi) is 4.41. The first-order chi connectivity index (χ1) is 8.75. The van der Waals surface area contributed by atoms with E-state index >= 15 is 0 Å². The molecule has 0 aliphatic heterocycles. The number of pyridine rings is 1. The van der Waals surface area contributed by atoms with Crippen LogP contribution in [0.1, 0.15) is 10.6 Å². The van der Waals surface area contributed by atoms with Crippen LogP contribution in [0.2, 0.25) is 0 Å². The van der Waals surface area contributed by atoms with E-state index in [1.165, 1.54) is 4.88 Å². The number of ether oxygens (including phenoxy) is 1. The molecule has 2 rings (SSSR count). The van der Waals surface area contributed by atoms with Crippen molar-refractivity contribution in [2.24, 2.45) is 0 Å². The molecule has 0 amide bonds. The van der Waals surface area contributed by atoms with Gasteiger partial charge < -0.3 is 4.74 Å². The van der Waals surface area contributed by atoms with E-state index in [1.807, 2.05) is 43.0 Å². The quantitative estimate of drug-likeness (QED) is 0.607. The first-order valence-electron chi connectivity index (χ1n) is 5.74. The smallest absolute Gasteiger partial charge is 0.372 e. The molecule has 94 valence electrons. The highest BCUT2D eigenvalue weighted by molar-refractivity contribution is 7.09. The lowest BCUT2D eigenvalue weighted by atomic mass is 10.3. The summed E-state index contributed by atoms with van der Waals surface area (Å²) in [7, 11) is 0. The van der Waals surface area contributed by atoms with Crippen molar-refractivity contribution in [3.63, 3.8) is 0 Å². The van der Waals surface area contributed by atoms with Gasteiger partial charge in [-0.3, -0.25) is 0 Å². The number of aryl methyl sites for hydroxylation is 1. The standard InChI is InChI=1S/C13H15N2O2S/c1-11-12(18-10-14-11)5-8-17-13(16)9-15-6-3-2-4-7-15/h2-4,6-7,10H,5,8-9H2,1H3/q+1. The summed E-state index contributed by atoms with van der Waals surface area (Å²) in [5.74, 6) is -0.214. The average molecular weight is 263 g/mol. The van der Waals surface area contributed by atoms with Crippen molar-refractivity contribution in [3.05, 3.63) is 46.7 Å². The Morgan fingerprint density at radius 3 is 2.83 bits per heavy atom. The lowest BCUT2D eigenvalue weighted by molar-refractivity contribution is -0.686. The highest BCUT2D eigenvalue weighted by Gasteiger charge is 2.10. The zero-order valence-electron chi connectivity index (χ0n) is 10.2. The van der Waals surface area contributed by atoms with Gasteiger partial charge in [-0.05, 0) is 6.92 Å². The Bertz CT molecular complexity index is 511. The van der Waals surface area contributed by atoms with Crippen LogP contribution >= 0.6 is 11.3 Å². The molecule has 2 heterocycles. The third-order valence-corrected chi connectivity index (χ3v) is 3.52. The van der Waals surface area contributed by atoms with E-state index in [2.05, 4.69) is 4.98 Å². The molecule has 0 saturated heterocycles. The molecule has 2 aromatic heterocycles. The summed E-state index contributed by atoms with van der Waals surface area (Å²) in [6.07, 6.45) is 4.42. The molecule has 0 radical (unpaired) electrons. The topological polar surface area (TPSA) is 43.1 Å². The van der Waals surface area contributed by atoms with Crippen molar-refractivity contribution in [2.75, 3.05) is 6.61 Å². The van der Waals surface area contributed by atoms with Gasteiger partial charge in [0.25, 0.3) is 0 Å². The van der Waals surface area contributed by atoms with E-state index in [0.717, 1.165) is 12.1 Å². The Hall–Kier alpha value is -1.75. The summed E-state index contributed by atoms with van der Waals surface area (Å²) >= 11 is 1.60. The molecule has 0 unspecified atom stereocenters. The fourth-order valence-corrected chi connectivity index (χ4v) is 2.32. The number of thiazole rings is 1. The predicted octanol–water partition coefficient (Wildman–Crippen LogP) is 1.52. The molecule has 0 saturated carbocycles. The first-order valence-corrected chi connectivity index (χ1v) is 6.62. The van der Waals surface area contributed by atoms with Crippen LogP contribution in [0.4, 0.5) is 0 Å². The number of esters is 1. The second-order valence-corrected chi connectivity index (χ2v) is 4.82. The molecular weight excluding hydrogens is 248 g/mol. The molecule has 2 aromatic rings. The number of hydrogen-bond acceptors (Lipinski definition) is 4. The lowest BCUT2D eigenvalue weighted by Gasteiger charge is -2.02. The number of nitrogens with zero attached hydrogens (tertiary/aromatic N) is 2. The summed E-state index contributed by atoms with van der Waals surface area (Å²) in [4.78, 5) is 16.9. The zero-order chi connectivity index (χ0) is 12.8. The van der Waals surface area contributed by atoms with E-state index in [4.69, 9.17) is 4.74 Å². The Balaban J connectivity index is 1.74. The van der Waals surface area contributed by atoms with Crippen LogP contribution in [0.5, 0.6) is 0 Å². The molecule has 5 heteroatoms. The van der Waals surface area contributed by atoms with E-state index in [9.17, 15) is 4.79 Å². The molecule has 0 aliphatic carbocycles. The summed E-state index contributed by atoms with van der Waals surface area (Å²) in [6.45, 7) is 2.63. The van der Waals surface area contributed by atoms with E-state index < -0.39 is 0 Å². The lowest BCUT2D eigenvalue weighted by Crippen LogP contribution is -2.37. The van der Waals surface area contributed by atoms with Crippen molar-refractivity contribution in [3.8, 4) is 0 Å². The Labute approximate surface area is 110 Å². The highest BCUT2D eigenvalue weighted by atomic mass is 32.1. The minimum atomic E-state index is -0.214. The zero-order valence-corrected chi connectivity index (χ0v) is 11.0. The Morgan fingerprint density at radius 2 is 2.17 bits per heavy atom. The predicted molar refractivity (Wildman–Crippen MR) is 68.2 cm³/mol. The molecule has 0 fully saturated rings. The maximum atomic E-state index is 11.6. The SMILES string of the molecule is Cc1ncsc1CCOC(=O)C[n+]1ccccc1. The molecule has 18 heavy (non-hydrogen) atoms. The number of rotatable bonds is 5.